The molecular formula is C12H13O6P. The van der Waals surface area contributed by atoms with Crippen LogP contribution in [0.1, 0.15) is 0 Å². The summed E-state index contributed by atoms with van der Waals surface area (Å²) in [6.07, 6.45) is 0. The minimum absolute atomic E-state index is 0.207. The molecule has 0 atom stereocenters. The molecule has 7 heteroatoms. The molecule has 0 bridgehead atoms. The Bertz CT molecular complexity index is 543. The number of phosphoric acid groups is 1. The zero-order chi connectivity index (χ0) is 14.3. The number of aromatic hydroxyl groups is 1. The Hall–Kier alpha value is -1.85. The molecule has 0 radical (unpaired) electrons. The lowest BCUT2D eigenvalue weighted by molar-refractivity contribution is 0.275. The summed E-state index contributed by atoms with van der Waals surface area (Å²) in [7, 11) is -4.64. The molecule has 2 aromatic rings. The van der Waals surface area contributed by atoms with E-state index in [2.05, 4.69) is 0 Å². The minimum atomic E-state index is -4.64. The number of ether oxygens (including phenoxy) is 1. The number of phenols is 1. The Morgan fingerprint density at radius 2 is 1.37 bits per heavy atom. The molecule has 0 aromatic heterocycles. The normalized spacial score (nSPS) is 10.3. The van der Waals surface area contributed by atoms with Gasteiger partial charge in [0.2, 0.25) is 0 Å². The highest BCUT2D eigenvalue weighted by Crippen LogP contribution is 2.26. The van der Waals surface area contributed by atoms with E-state index in [1.807, 2.05) is 30.3 Å². The zero-order valence-electron chi connectivity index (χ0n) is 9.75. The van der Waals surface area contributed by atoms with Gasteiger partial charge in [-0.15, -0.1) is 0 Å². The summed E-state index contributed by atoms with van der Waals surface area (Å²) < 4.78 is 14.4. The number of hydrogen-bond donors (Lipinski definition) is 4. The van der Waals surface area contributed by atoms with Crippen LogP contribution in [-0.2, 0) is 4.57 Å². The summed E-state index contributed by atoms with van der Waals surface area (Å²) in [5.74, 6) is 1.60. The lowest BCUT2D eigenvalue weighted by Crippen LogP contribution is -1.82. The fourth-order valence-corrected chi connectivity index (χ4v) is 1.17. The van der Waals surface area contributed by atoms with Crippen molar-refractivity contribution in [1.82, 2.24) is 0 Å². The Kier molecular flexibility index (Phi) is 5.54. The lowest BCUT2D eigenvalue weighted by Gasteiger charge is -2.04. The molecule has 0 saturated carbocycles. The van der Waals surface area contributed by atoms with E-state index in [4.69, 9.17) is 24.0 Å². The van der Waals surface area contributed by atoms with Crippen LogP contribution >= 0.6 is 7.82 Å². The second-order valence-corrected chi connectivity index (χ2v) is 4.45. The molecule has 0 aliphatic rings. The Labute approximate surface area is 109 Å². The average molecular weight is 284 g/mol. The first-order valence-corrected chi connectivity index (χ1v) is 6.71. The van der Waals surface area contributed by atoms with E-state index in [1.165, 1.54) is 0 Å². The zero-order valence-corrected chi connectivity index (χ0v) is 10.6. The number of benzene rings is 2. The van der Waals surface area contributed by atoms with E-state index in [-0.39, 0.29) is 5.75 Å². The van der Waals surface area contributed by atoms with E-state index in [1.54, 1.807) is 24.3 Å². The highest BCUT2D eigenvalue weighted by Gasteiger charge is 2.00. The molecule has 19 heavy (non-hydrogen) atoms. The molecule has 0 fully saturated rings. The molecular weight excluding hydrogens is 271 g/mol. The molecule has 102 valence electrons. The highest BCUT2D eigenvalue weighted by atomic mass is 31.2. The second-order valence-electron chi connectivity index (χ2n) is 3.43. The third kappa shape index (κ3) is 7.96. The highest BCUT2D eigenvalue weighted by molar-refractivity contribution is 7.45. The van der Waals surface area contributed by atoms with Gasteiger partial charge in [0.1, 0.15) is 17.2 Å². The van der Waals surface area contributed by atoms with Crippen LogP contribution < -0.4 is 4.74 Å². The van der Waals surface area contributed by atoms with Crippen LogP contribution in [-0.4, -0.2) is 19.8 Å². The molecule has 0 aliphatic carbocycles. The largest absolute Gasteiger partial charge is 0.508 e. The third-order valence-corrected chi connectivity index (χ3v) is 1.80. The van der Waals surface area contributed by atoms with Crippen molar-refractivity contribution in [3.63, 3.8) is 0 Å². The summed E-state index contributed by atoms with van der Waals surface area (Å²) in [5.41, 5.74) is 0. The van der Waals surface area contributed by atoms with E-state index in [0.717, 1.165) is 5.75 Å². The van der Waals surface area contributed by atoms with Gasteiger partial charge in [-0.1, -0.05) is 24.3 Å². The van der Waals surface area contributed by atoms with Crippen molar-refractivity contribution in [3.05, 3.63) is 54.6 Å². The van der Waals surface area contributed by atoms with Crippen LogP contribution in [0.3, 0.4) is 0 Å². The molecule has 0 unspecified atom stereocenters. The van der Waals surface area contributed by atoms with Crippen molar-refractivity contribution in [1.29, 1.82) is 0 Å². The molecule has 2 aromatic carbocycles. The van der Waals surface area contributed by atoms with E-state index >= 15 is 0 Å². The maximum atomic E-state index is 9.21. The van der Waals surface area contributed by atoms with Crippen molar-refractivity contribution < 1.29 is 29.1 Å². The topological polar surface area (TPSA) is 107 Å². The first-order valence-electron chi connectivity index (χ1n) is 5.15. The van der Waals surface area contributed by atoms with Crippen molar-refractivity contribution in [2.75, 3.05) is 0 Å². The summed E-state index contributed by atoms with van der Waals surface area (Å²) in [4.78, 5) is 21.6. The SMILES string of the molecule is O=P(O)(O)O.Oc1cccc(Oc2ccccc2)c1. The summed E-state index contributed by atoms with van der Waals surface area (Å²) in [5, 5.41) is 9.21. The van der Waals surface area contributed by atoms with Gasteiger partial charge < -0.3 is 24.5 Å². The first-order chi connectivity index (χ1) is 8.84. The van der Waals surface area contributed by atoms with Crippen LogP contribution in [0, 0.1) is 0 Å². The monoisotopic (exact) mass is 284 g/mol. The molecule has 6 nitrogen and oxygen atoms in total. The van der Waals surface area contributed by atoms with Crippen molar-refractivity contribution in [2.24, 2.45) is 0 Å². The molecule has 0 saturated heterocycles. The smallest absolute Gasteiger partial charge is 0.466 e. The summed E-state index contributed by atoms with van der Waals surface area (Å²) >= 11 is 0. The predicted molar refractivity (Wildman–Crippen MR) is 68.9 cm³/mol. The molecule has 4 N–H and O–H groups in total. The van der Waals surface area contributed by atoms with Gasteiger partial charge in [0, 0.05) is 6.07 Å². The number of para-hydroxylation sites is 1. The van der Waals surface area contributed by atoms with E-state index in [9.17, 15) is 5.11 Å². The van der Waals surface area contributed by atoms with Crippen LogP contribution in [0.25, 0.3) is 0 Å². The van der Waals surface area contributed by atoms with Crippen molar-refractivity contribution >= 4 is 7.82 Å². The van der Waals surface area contributed by atoms with Crippen molar-refractivity contribution in [2.45, 2.75) is 0 Å². The van der Waals surface area contributed by atoms with Crippen LogP contribution in [0.2, 0.25) is 0 Å². The standard InChI is InChI=1S/C12H10O2.H3O4P/c13-10-5-4-8-12(9-10)14-11-6-2-1-3-7-11;1-5(2,3)4/h1-9,13H;(H3,1,2,3,4). The van der Waals surface area contributed by atoms with Crippen LogP contribution in [0.5, 0.6) is 17.2 Å². The van der Waals surface area contributed by atoms with Crippen molar-refractivity contribution in [3.8, 4) is 17.2 Å². The molecule has 0 amide bonds. The van der Waals surface area contributed by atoms with Gasteiger partial charge in [-0.25, -0.2) is 4.57 Å². The number of phenolic OH excluding ortho intramolecular Hbond substituents is 1. The van der Waals surface area contributed by atoms with Gasteiger partial charge in [-0.05, 0) is 24.3 Å². The lowest BCUT2D eigenvalue weighted by atomic mass is 10.3. The maximum absolute atomic E-state index is 9.21. The van der Waals surface area contributed by atoms with Gasteiger partial charge >= 0.3 is 7.82 Å². The fraction of sp³-hybridized carbons (Fsp3) is 0. The molecule has 0 spiro atoms. The molecule has 0 aliphatic heterocycles. The van der Waals surface area contributed by atoms with Gasteiger partial charge in [-0.2, -0.15) is 0 Å². The van der Waals surface area contributed by atoms with Crippen LogP contribution in [0.4, 0.5) is 0 Å². The number of rotatable bonds is 2. The first kappa shape index (κ1) is 15.2. The number of hydrogen-bond acceptors (Lipinski definition) is 3. The van der Waals surface area contributed by atoms with Gasteiger partial charge in [0.25, 0.3) is 0 Å². The fourth-order valence-electron chi connectivity index (χ4n) is 1.17. The minimum Gasteiger partial charge on any atom is -0.508 e. The Morgan fingerprint density at radius 3 is 1.89 bits per heavy atom. The quantitative estimate of drug-likeness (QED) is 0.630. The van der Waals surface area contributed by atoms with Gasteiger partial charge in [-0.3, -0.25) is 0 Å². The average Bonchev–Trinajstić information content (AvgIpc) is 2.28. The summed E-state index contributed by atoms with van der Waals surface area (Å²) in [6.45, 7) is 0. The van der Waals surface area contributed by atoms with E-state index < -0.39 is 7.82 Å². The maximum Gasteiger partial charge on any atom is 0.466 e. The summed E-state index contributed by atoms with van der Waals surface area (Å²) in [6, 6.07) is 16.2. The van der Waals surface area contributed by atoms with Gasteiger partial charge in [0.15, 0.2) is 0 Å². The molecule has 0 heterocycles. The van der Waals surface area contributed by atoms with Crippen LogP contribution in [0.15, 0.2) is 54.6 Å². The second kappa shape index (κ2) is 6.92. The Balaban J connectivity index is 0.000000312. The van der Waals surface area contributed by atoms with Gasteiger partial charge in [0.05, 0.1) is 0 Å². The third-order valence-electron chi connectivity index (χ3n) is 1.80. The van der Waals surface area contributed by atoms with E-state index in [0.29, 0.717) is 5.75 Å². The predicted octanol–water partition coefficient (Wildman–Crippen LogP) is 2.26. The Morgan fingerprint density at radius 1 is 0.842 bits per heavy atom. The molecule has 2 rings (SSSR count).